The molecule has 222 valence electrons. The van der Waals surface area contributed by atoms with Crippen LogP contribution in [0, 0.1) is 5.82 Å². The minimum absolute atomic E-state index is 0.0145. The van der Waals surface area contributed by atoms with Gasteiger partial charge in [0.1, 0.15) is 5.82 Å². The van der Waals surface area contributed by atoms with Crippen molar-refractivity contribution in [2.24, 2.45) is 0 Å². The predicted molar refractivity (Wildman–Crippen MR) is 160 cm³/mol. The van der Waals surface area contributed by atoms with E-state index in [0.29, 0.717) is 5.56 Å². The van der Waals surface area contributed by atoms with Crippen molar-refractivity contribution < 1.29 is 27.8 Å². The fourth-order valence-electron chi connectivity index (χ4n) is 4.68. The van der Waals surface area contributed by atoms with Gasteiger partial charge in [-0.2, -0.15) is 4.31 Å². The Morgan fingerprint density at radius 2 is 1.78 bits per heavy atom. The number of aliphatic hydroxyl groups is 1. The third-order valence-electron chi connectivity index (χ3n) is 7.02. The topological polar surface area (TPSA) is 107 Å². The van der Waals surface area contributed by atoms with Crippen molar-refractivity contribution >= 4 is 27.6 Å². The Morgan fingerprint density at radius 1 is 1.07 bits per heavy atom. The molecule has 0 bridgehead atoms. The minimum Gasteiger partial charge on any atom is -0.481 e. The number of hydrogen-bond acceptors (Lipinski definition) is 5. The van der Waals surface area contributed by atoms with Gasteiger partial charge < -0.3 is 15.5 Å². The van der Waals surface area contributed by atoms with Gasteiger partial charge in [0.2, 0.25) is 10.0 Å². The second kappa shape index (κ2) is 14.4. The summed E-state index contributed by atoms with van der Waals surface area (Å²) in [5.41, 5.74) is 1.90. The highest BCUT2D eigenvalue weighted by atomic mass is 35.5. The lowest BCUT2D eigenvalue weighted by Crippen LogP contribution is -2.46. The Labute approximate surface area is 247 Å². The summed E-state index contributed by atoms with van der Waals surface area (Å²) in [6, 6.07) is 18.6. The molecule has 0 fully saturated rings. The summed E-state index contributed by atoms with van der Waals surface area (Å²) in [5.74, 6) is -1.60. The molecule has 1 unspecified atom stereocenters. The molecule has 3 N–H and O–H groups in total. The number of β-amino-alcohol motifs (C(OH)–C–C–N with tert-alkyl or cyclic N) is 1. The number of nitrogens with one attached hydrogen (secondary N) is 1. The zero-order valence-corrected chi connectivity index (χ0v) is 25.2. The maximum Gasteiger partial charge on any atom is 0.303 e. The van der Waals surface area contributed by atoms with E-state index in [2.05, 4.69) is 31.3 Å². The highest BCUT2D eigenvalue weighted by Crippen LogP contribution is 2.35. The highest BCUT2D eigenvalue weighted by molar-refractivity contribution is 7.89. The van der Waals surface area contributed by atoms with Crippen molar-refractivity contribution in [3.05, 3.63) is 88.7 Å². The van der Waals surface area contributed by atoms with Crippen LogP contribution >= 0.6 is 11.6 Å². The Kier molecular flexibility index (Phi) is 11.5. The average Bonchev–Trinajstić information content (AvgIpc) is 2.91. The first-order valence-electron chi connectivity index (χ1n) is 13.5. The van der Waals surface area contributed by atoms with E-state index >= 15 is 0 Å². The van der Waals surface area contributed by atoms with Crippen LogP contribution in [0.25, 0.3) is 11.1 Å². The number of benzene rings is 3. The summed E-state index contributed by atoms with van der Waals surface area (Å²) in [7, 11) is -2.62. The Morgan fingerprint density at radius 3 is 2.44 bits per heavy atom. The third-order valence-corrected chi connectivity index (χ3v) is 9.15. The minimum atomic E-state index is -4.01. The maximum atomic E-state index is 14.8. The number of carboxylic acids is 1. The van der Waals surface area contributed by atoms with Crippen molar-refractivity contribution in [3.8, 4) is 11.1 Å². The van der Waals surface area contributed by atoms with E-state index in [1.165, 1.54) is 42.9 Å². The van der Waals surface area contributed by atoms with Gasteiger partial charge in [0.05, 0.1) is 11.0 Å². The predicted octanol–water partition coefficient (Wildman–Crippen LogP) is 5.54. The standard InChI is InChI=1S/C31H38ClFN2O5S/c1-31(2,18-8-11-22-9-5-4-6-10-22)34-20-24(36)21-35(3)41(39,40)25-15-16-26(27(32)19-25)30-23(14-17-29(37)38)12-7-13-28(30)33/h4-7,9-10,12-13,15-16,19,24,34,36H,8,11,14,17-18,20-21H2,1-3H3,(H,37,38). The SMILES string of the molecule is CN(CC(O)CNC(C)(C)CCCc1ccccc1)S(=O)(=O)c1ccc(-c2c(F)cccc2CCC(=O)O)c(Cl)c1. The zero-order valence-electron chi connectivity index (χ0n) is 23.6. The van der Waals surface area contributed by atoms with Crippen molar-refractivity contribution in [2.45, 2.75) is 62.5 Å². The van der Waals surface area contributed by atoms with Crippen molar-refractivity contribution in [1.82, 2.24) is 9.62 Å². The number of carboxylic acid groups (broad SMARTS) is 1. The van der Waals surface area contributed by atoms with E-state index in [-0.39, 0.29) is 52.5 Å². The van der Waals surface area contributed by atoms with Crippen LogP contribution in [0.2, 0.25) is 5.02 Å². The van der Waals surface area contributed by atoms with E-state index < -0.39 is 27.9 Å². The number of aliphatic carboxylic acids is 1. The molecule has 3 aromatic rings. The first kappa shape index (κ1) is 32.7. The van der Waals surface area contributed by atoms with E-state index in [4.69, 9.17) is 16.7 Å². The van der Waals surface area contributed by atoms with Gasteiger partial charge >= 0.3 is 5.97 Å². The number of nitrogens with zero attached hydrogens (tertiary/aromatic N) is 1. The quantitative estimate of drug-likeness (QED) is 0.210. The second-order valence-corrected chi connectivity index (χ2v) is 13.3. The lowest BCUT2D eigenvalue weighted by molar-refractivity contribution is -0.136. The van der Waals surface area contributed by atoms with E-state index in [0.717, 1.165) is 23.6 Å². The fraction of sp³-hybridized carbons (Fsp3) is 0.387. The summed E-state index contributed by atoms with van der Waals surface area (Å²) < 4.78 is 42.4. The summed E-state index contributed by atoms with van der Waals surface area (Å²) in [6.07, 6.45) is 1.77. The first-order chi connectivity index (χ1) is 19.3. The van der Waals surface area contributed by atoms with E-state index in [9.17, 15) is 22.7 Å². The number of rotatable bonds is 15. The molecular formula is C31H38ClFN2O5S. The zero-order chi connectivity index (χ0) is 30.2. The van der Waals surface area contributed by atoms with Gasteiger partial charge in [0.15, 0.2) is 0 Å². The van der Waals surface area contributed by atoms with Crippen LogP contribution in [0.5, 0.6) is 0 Å². The van der Waals surface area contributed by atoms with Gasteiger partial charge in [-0.05, 0) is 68.9 Å². The van der Waals surface area contributed by atoms with Crippen LogP contribution < -0.4 is 5.32 Å². The molecule has 0 radical (unpaired) electrons. The largest absolute Gasteiger partial charge is 0.481 e. The van der Waals surface area contributed by atoms with Crippen LogP contribution in [0.15, 0.2) is 71.6 Å². The van der Waals surface area contributed by atoms with Crippen molar-refractivity contribution in [3.63, 3.8) is 0 Å². The normalized spacial score (nSPS) is 13.0. The second-order valence-electron chi connectivity index (χ2n) is 10.9. The molecule has 7 nitrogen and oxygen atoms in total. The molecule has 0 heterocycles. The van der Waals surface area contributed by atoms with Crippen LogP contribution in [0.4, 0.5) is 4.39 Å². The number of sulfonamides is 1. The summed E-state index contributed by atoms with van der Waals surface area (Å²) in [5, 5.41) is 23.0. The summed E-state index contributed by atoms with van der Waals surface area (Å²) in [6.45, 7) is 4.18. The number of halogens is 2. The van der Waals surface area contributed by atoms with Crippen LogP contribution in [-0.4, -0.2) is 60.7 Å². The lowest BCUT2D eigenvalue weighted by Gasteiger charge is -2.29. The Balaban J connectivity index is 1.63. The molecule has 3 rings (SSSR count). The Hall–Kier alpha value is -2.82. The molecule has 3 aromatic carbocycles. The molecule has 0 spiro atoms. The molecule has 0 aliphatic carbocycles. The molecule has 0 aliphatic rings. The van der Waals surface area contributed by atoms with Crippen molar-refractivity contribution in [2.75, 3.05) is 20.1 Å². The summed E-state index contributed by atoms with van der Waals surface area (Å²) in [4.78, 5) is 10.9. The monoisotopic (exact) mass is 604 g/mol. The van der Waals surface area contributed by atoms with Crippen LogP contribution in [0.3, 0.4) is 0 Å². The number of hydrogen-bond donors (Lipinski definition) is 3. The number of aliphatic hydroxyl groups excluding tert-OH is 1. The number of likely N-dealkylation sites (N-methyl/N-ethyl adjacent to an activating group) is 1. The number of carbonyl (C=O) groups is 1. The molecule has 41 heavy (non-hydrogen) atoms. The molecule has 1 atom stereocenters. The fourth-order valence-corrected chi connectivity index (χ4v) is 6.26. The van der Waals surface area contributed by atoms with Crippen LogP contribution in [-0.2, 0) is 27.7 Å². The van der Waals surface area contributed by atoms with E-state index in [1.807, 2.05) is 18.2 Å². The van der Waals surface area contributed by atoms with Gasteiger partial charge in [-0.3, -0.25) is 4.79 Å². The average molecular weight is 605 g/mol. The van der Waals surface area contributed by atoms with Gasteiger partial charge in [-0.25, -0.2) is 12.8 Å². The summed E-state index contributed by atoms with van der Waals surface area (Å²) >= 11 is 6.44. The smallest absolute Gasteiger partial charge is 0.303 e. The molecule has 0 saturated heterocycles. The first-order valence-corrected chi connectivity index (χ1v) is 15.3. The molecule has 10 heteroatoms. The lowest BCUT2D eigenvalue weighted by atomic mass is 9.95. The van der Waals surface area contributed by atoms with Gasteiger partial charge in [-0.1, -0.05) is 60.1 Å². The maximum absolute atomic E-state index is 14.8. The molecule has 0 saturated carbocycles. The Bertz CT molecular complexity index is 1430. The third kappa shape index (κ3) is 9.34. The van der Waals surface area contributed by atoms with Gasteiger partial charge in [0.25, 0.3) is 0 Å². The molecular weight excluding hydrogens is 567 g/mol. The van der Waals surface area contributed by atoms with Gasteiger partial charge in [0, 0.05) is 48.2 Å². The molecule has 0 amide bonds. The van der Waals surface area contributed by atoms with Crippen LogP contribution in [0.1, 0.15) is 44.2 Å². The highest BCUT2D eigenvalue weighted by Gasteiger charge is 2.26. The van der Waals surface area contributed by atoms with Crippen molar-refractivity contribution in [1.29, 1.82) is 0 Å². The van der Waals surface area contributed by atoms with Gasteiger partial charge in [-0.15, -0.1) is 0 Å². The number of aryl methyl sites for hydroxylation is 2. The molecule has 0 aromatic heterocycles. The molecule has 0 aliphatic heterocycles. The van der Waals surface area contributed by atoms with E-state index in [1.54, 1.807) is 6.07 Å².